The van der Waals surface area contributed by atoms with Gasteiger partial charge in [-0.05, 0) is 37.7 Å². The molecule has 2 aliphatic rings. The molecule has 1 aromatic carbocycles. The van der Waals surface area contributed by atoms with Crippen LogP contribution in [0, 0.1) is 11.2 Å². The minimum atomic E-state index is -2.93. The third-order valence-electron chi connectivity index (χ3n) is 8.20. The van der Waals surface area contributed by atoms with Crippen LogP contribution < -0.4 is 10.9 Å². The summed E-state index contributed by atoms with van der Waals surface area (Å²) in [6, 6.07) is 4.92. The van der Waals surface area contributed by atoms with Crippen molar-refractivity contribution in [2.45, 2.75) is 51.2 Å². The lowest BCUT2D eigenvalue weighted by molar-refractivity contribution is -0.157. The largest absolute Gasteiger partial charge is 0.373 e. The fourth-order valence-corrected chi connectivity index (χ4v) is 6.16. The maximum atomic E-state index is 14.8. The number of halogens is 3. The summed E-state index contributed by atoms with van der Waals surface area (Å²) in [5.74, 6) is -0.593. The quantitative estimate of drug-likeness (QED) is 0.508. The molecule has 1 saturated carbocycles. The van der Waals surface area contributed by atoms with Gasteiger partial charge in [0.2, 0.25) is 5.91 Å². The predicted octanol–water partition coefficient (Wildman–Crippen LogP) is 4.45. The molecular formula is C27H30F3N5O3. The Morgan fingerprint density at radius 1 is 1.21 bits per heavy atom. The number of alkyl halides is 2. The van der Waals surface area contributed by atoms with Gasteiger partial charge in [-0.2, -0.15) is 0 Å². The van der Waals surface area contributed by atoms with Crippen molar-refractivity contribution < 1.29 is 22.7 Å². The number of hydrogen-bond donors (Lipinski definition) is 1. The molecule has 1 spiro atoms. The van der Waals surface area contributed by atoms with E-state index >= 15 is 0 Å². The number of aromatic nitrogens is 3. The van der Waals surface area contributed by atoms with Gasteiger partial charge in [0.1, 0.15) is 23.6 Å². The molecule has 0 bridgehead atoms. The van der Waals surface area contributed by atoms with Crippen LogP contribution in [0.1, 0.15) is 62.3 Å². The lowest BCUT2D eigenvalue weighted by Gasteiger charge is -2.53. The number of carbonyl (C=O) groups is 1. The highest BCUT2D eigenvalue weighted by molar-refractivity contribution is 5.87. The Morgan fingerprint density at radius 3 is 2.55 bits per heavy atom. The molecule has 1 aliphatic heterocycles. The second-order valence-electron chi connectivity index (χ2n) is 10.5. The number of ether oxygens (including phenoxy) is 1. The Morgan fingerprint density at radius 2 is 1.92 bits per heavy atom. The highest BCUT2D eigenvalue weighted by Crippen LogP contribution is 2.59. The highest BCUT2D eigenvalue weighted by Gasteiger charge is 2.59. The Bertz CT molecular complexity index is 1470. The summed E-state index contributed by atoms with van der Waals surface area (Å²) < 4.78 is 48.7. The van der Waals surface area contributed by atoms with Crippen LogP contribution >= 0.6 is 0 Å². The zero-order chi connectivity index (χ0) is 27.4. The van der Waals surface area contributed by atoms with Crippen molar-refractivity contribution in [3.8, 4) is 0 Å². The van der Waals surface area contributed by atoms with Gasteiger partial charge in [0.05, 0.1) is 28.2 Å². The summed E-state index contributed by atoms with van der Waals surface area (Å²) in [6.07, 6.45) is 0.403. The number of anilines is 1. The van der Waals surface area contributed by atoms with Gasteiger partial charge in [0.25, 0.3) is 12.0 Å². The van der Waals surface area contributed by atoms with Gasteiger partial charge in [-0.3, -0.25) is 14.2 Å². The van der Waals surface area contributed by atoms with Crippen LogP contribution in [-0.4, -0.2) is 45.5 Å². The zero-order valence-corrected chi connectivity index (χ0v) is 21.7. The molecule has 11 heteroatoms. The van der Waals surface area contributed by atoms with Crippen molar-refractivity contribution in [2.75, 3.05) is 25.5 Å². The average Bonchev–Trinajstić information content (AvgIpc) is 3.31. The van der Waals surface area contributed by atoms with Crippen LogP contribution in [0.25, 0.3) is 11.0 Å². The van der Waals surface area contributed by atoms with Crippen LogP contribution in [0.15, 0.2) is 35.4 Å². The van der Waals surface area contributed by atoms with E-state index in [1.807, 2.05) is 4.90 Å². The lowest BCUT2D eigenvalue weighted by Crippen LogP contribution is -2.54. The van der Waals surface area contributed by atoms with Crippen molar-refractivity contribution in [1.29, 1.82) is 0 Å². The van der Waals surface area contributed by atoms with E-state index in [4.69, 9.17) is 4.74 Å². The third kappa shape index (κ3) is 4.13. The first kappa shape index (κ1) is 26.1. The summed E-state index contributed by atoms with van der Waals surface area (Å²) in [7, 11) is 3.20. The molecule has 8 nitrogen and oxygen atoms in total. The minimum Gasteiger partial charge on any atom is -0.373 e. The Labute approximate surface area is 217 Å². The van der Waals surface area contributed by atoms with Crippen LogP contribution in [-0.2, 0) is 22.2 Å². The number of benzene rings is 1. The molecule has 2 aromatic heterocycles. The summed E-state index contributed by atoms with van der Waals surface area (Å²) in [5.41, 5.74) is -0.935. The number of carbonyl (C=O) groups excluding carboxylic acids is 1. The van der Waals surface area contributed by atoms with E-state index in [9.17, 15) is 22.8 Å². The lowest BCUT2D eigenvalue weighted by atomic mass is 9.56. The van der Waals surface area contributed by atoms with Gasteiger partial charge >= 0.3 is 0 Å². The third-order valence-corrected chi connectivity index (χ3v) is 8.20. The highest BCUT2D eigenvalue weighted by atomic mass is 19.3. The fraction of sp³-hybridized carbons (Fsp3) is 0.481. The summed E-state index contributed by atoms with van der Waals surface area (Å²) in [4.78, 5) is 35.8. The van der Waals surface area contributed by atoms with Gasteiger partial charge < -0.3 is 15.0 Å². The Balaban J connectivity index is 1.52. The smallest absolute Gasteiger partial charge is 0.266 e. The number of methoxy groups -OCH3 is 1. The van der Waals surface area contributed by atoms with Crippen LogP contribution in [0.2, 0.25) is 0 Å². The first-order valence-electron chi connectivity index (χ1n) is 12.5. The SMILES string of the molecule is COC1(c2cc3c(N[C@H](C)c4cccc(C(F)F)c4F)ncnc3n(C)c2=O)CC2(CCN(C(C)=O)C2)C1. The minimum absolute atomic E-state index is 0.0379. The number of pyridine rings is 1. The molecule has 3 aromatic rings. The van der Waals surface area contributed by atoms with E-state index in [1.165, 1.54) is 23.0 Å². The topological polar surface area (TPSA) is 89.3 Å². The standard InChI is InChI=1S/C27H30F3N5O3/c1-15(17-6-5-7-18(21(17)28)22(29)30)33-23-19-10-20(25(37)34(3)24(19)32-14-31-23)27(38-4)11-26(12-27)8-9-35(13-26)16(2)36/h5-7,10,14-15,22H,8-9,11-13H2,1-4H3,(H,31,32,33)/t15-,26?,27?/m1/s1. The van der Waals surface area contributed by atoms with Gasteiger partial charge in [-0.1, -0.05) is 18.2 Å². The van der Waals surface area contributed by atoms with Crippen molar-refractivity contribution in [1.82, 2.24) is 19.4 Å². The van der Waals surface area contributed by atoms with E-state index < -0.39 is 29.4 Å². The maximum Gasteiger partial charge on any atom is 0.266 e. The zero-order valence-electron chi connectivity index (χ0n) is 21.7. The fourth-order valence-electron chi connectivity index (χ4n) is 6.16. The molecule has 202 valence electrons. The predicted molar refractivity (Wildman–Crippen MR) is 135 cm³/mol. The van der Waals surface area contributed by atoms with Gasteiger partial charge in [0.15, 0.2) is 0 Å². The molecule has 1 atom stereocenters. The van der Waals surface area contributed by atoms with E-state index in [0.29, 0.717) is 48.3 Å². The average molecular weight is 530 g/mol. The molecule has 0 radical (unpaired) electrons. The van der Waals surface area contributed by atoms with Crippen LogP contribution in [0.3, 0.4) is 0 Å². The van der Waals surface area contributed by atoms with E-state index in [1.54, 1.807) is 34.1 Å². The van der Waals surface area contributed by atoms with Crippen molar-refractivity contribution >= 4 is 22.8 Å². The van der Waals surface area contributed by atoms with Crippen molar-refractivity contribution in [3.63, 3.8) is 0 Å². The number of aryl methyl sites for hydroxylation is 1. The number of likely N-dealkylation sites (tertiary alicyclic amines) is 1. The molecule has 3 heterocycles. The number of fused-ring (bicyclic) bond motifs is 1. The van der Waals surface area contributed by atoms with Crippen LogP contribution in [0.4, 0.5) is 19.0 Å². The van der Waals surface area contributed by atoms with Crippen LogP contribution in [0.5, 0.6) is 0 Å². The van der Waals surface area contributed by atoms with E-state index in [-0.39, 0.29) is 22.4 Å². The summed E-state index contributed by atoms with van der Waals surface area (Å²) >= 11 is 0. The number of rotatable bonds is 6. The monoisotopic (exact) mass is 529 g/mol. The molecule has 1 saturated heterocycles. The summed E-state index contributed by atoms with van der Waals surface area (Å²) in [5, 5.41) is 3.64. The molecule has 1 aliphatic carbocycles. The normalized spacial score (nSPS) is 23.7. The molecule has 1 N–H and O–H groups in total. The maximum absolute atomic E-state index is 14.8. The second-order valence-corrected chi connectivity index (χ2v) is 10.5. The van der Waals surface area contributed by atoms with Crippen molar-refractivity contribution in [2.24, 2.45) is 12.5 Å². The Kier molecular flexibility index (Phi) is 6.45. The Hall–Kier alpha value is -3.47. The number of amides is 1. The number of nitrogens with zero attached hydrogens (tertiary/aromatic N) is 4. The molecule has 0 unspecified atom stereocenters. The molecule has 2 fully saturated rings. The first-order chi connectivity index (χ1) is 18.0. The number of hydrogen-bond acceptors (Lipinski definition) is 6. The van der Waals surface area contributed by atoms with Gasteiger partial charge in [0, 0.05) is 39.7 Å². The first-order valence-corrected chi connectivity index (χ1v) is 12.5. The summed E-state index contributed by atoms with van der Waals surface area (Å²) in [6.45, 7) is 4.54. The molecule has 38 heavy (non-hydrogen) atoms. The molecular weight excluding hydrogens is 499 g/mol. The van der Waals surface area contributed by atoms with E-state index in [2.05, 4.69) is 15.3 Å². The van der Waals surface area contributed by atoms with Crippen molar-refractivity contribution in [3.05, 3.63) is 63.5 Å². The second kappa shape index (κ2) is 9.37. The molecule has 1 amide bonds. The van der Waals surface area contributed by atoms with Gasteiger partial charge in [-0.25, -0.2) is 23.1 Å². The number of nitrogens with one attached hydrogen (secondary N) is 1. The molecule has 5 rings (SSSR count). The van der Waals surface area contributed by atoms with Gasteiger partial charge in [-0.15, -0.1) is 0 Å². The van der Waals surface area contributed by atoms with E-state index in [0.717, 1.165) is 12.5 Å².